The Kier molecular flexibility index (Phi) is 7.45. The molecule has 0 heterocycles. The van der Waals surface area contributed by atoms with Crippen molar-refractivity contribution in [2.24, 2.45) is 11.7 Å². The molecule has 1 rings (SSSR count). The van der Waals surface area contributed by atoms with Crippen LogP contribution >= 0.6 is 0 Å². The molecule has 114 valence electrons. The van der Waals surface area contributed by atoms with E-state index in [0.29, 0.717) is 5.92 Å². The van der Waals surface area contributed by atoms with Crippen molar-refractivity contribution in [3.8, 4) is 11.5 Å². The van der Waals surface area contributed by atoms with Gasteiger partial charge < -0.3 is 15.2 Å². The van der Waals surface area contributed by atoms with Crippen LogP contribution in [0.5, 0.6) is 11.5 Å². The van der Waals surface area contributed by atoms with Gasteiger partial charge in [-0.2, -0.15) is 0 Å². The predicted molar refractivity (Wildman–Crippen MR) is 84.5 cm³/mol. The Morgan fingerprint density at radius 2 is 1.60 bits per heavy atom. The molecule has 0 radical (unpaired) electrons. The normalized spacial score (nSPS) is 12.5. The zero-order valence-electron chi connectivity index (χ0n) is 13.3. The molecule has 1 aromatic carbocycles. The van der Waals surface area contributed by atoms with Crippen molar-refractivity contribution in [2.75, 3.05) is 14.2 Å². The van der Waals surface area contributed by atoms with Gasteiger partial charge in [0.25, 0.3) is 0 Å². The quantitative estimate of drug-likeness (QED) is 0.748. The molecule has 2 N–H and O–H groups in total. The van der Waals surface area contributed by atoms with Gasteiger partial charge >= 0.3 is 0 Å². The first-order chi connectivity index (χ1) is 9.65. The van der Waals surface area contributed by atoms with Crippen molar-refractivity contribution in [2.45, 2.75) is 52.0 Å². The van der Waals surface area contributed by atoms with Crippen LogP contribution in [0, 0.1) is 5.92 Å². The second-order valence-electron chi connectivity index (χ2n) is 5.39. The number of nitrogens with two attached hydrogens (primary N) is 1. The van der Waals surface area contributed by atoms with Crippen LogP contribution in [0.25, 0.3) is 0 Å². The fourth-order valence-electron chi connectivity index (χ4n) is 2.76. The molecule has 1 aromatic rings. The van der Waals surface area contributed by atoms with Crippen molar-refractivity contribution in [1.82, 2.24) is 0 Å². The molecule has 0 saturated carbocycles. The Bertz CT molecular complexity index is 387. The van der Waals surface area contributed by atoms with E-state index in [1.54, 1.807) is 14.2 Å². The van der Waals surface area contributed by atoms with Crippen molar-refractivity contribution in [3.63, 3.8) is 0 Å². The minimum absolute atomic E-state index is 0.216. The van der Waals surface area contributed by atoms with E-state index < -0.39 is 0 Å². The molecule has 0 aliphatic heterocycles. The van der Waals surface area contributed by atoms with Gasteiger partial charge in [0, 0.05) is 6.04 Å². The van der Waals surface area contributed by atoms with E-state index in [0.717, 1.165) is 17.9 Å². The molecular weight excluding hydrogens is 250 g/mol. The molecule has 0 aliphatic rings. The average Bonchev–Trinajstić information content (AvgIpc) is 2.46. The lowest BCUT2D eigenvalue weighted by Gasteiger charge is -2.23. The van der Waals surface area contributed by atoms with Gasteiger partial charge in [-0.1, -0.05) is 32.8 Å². The smallest absolute Gasteiger partial charge is 0.160 e. The fraction of sp³-hybridized carbons (Fsp3) is 0.647. The van der Waals surface area contributed by atoms with Gasteiger partial charge in [0.1, 0.15) is 0 Å². The summed E-state index contributed by atoms with van der Waals surface area (Å²) in [5.41, 5.74) is 7.63. The maximum atomic E-state index is 6.41. The molecular formula is C17H29NO2. The van der Waals surface area contributed by atoms with E-state index in [4.69, 9.17) is 15.2 Å². The lowest BCUT2D eigenvalue weighted by Crippen LogP contribution is -2.32. The number of ether oxygens (including phenoxy) is 2. The summed E-state index contributed by atoms with van der Waals surface area (Å²) in [6, 6.07) is 6.28. The zero-order chi connectivity index (χ0) is 15.0. The van der Waals surface area contributed by atoms with Gasteiger partial charge in [0.15, 0.2) is 11.5 Å². The van der Waals surface area contributed by atoms with Crippen molar-refractivity contribution in [3.05, 3.63) is 23.8 Å². The van der Waals surface area contributed by atoms with Gasteiger partial charge in [0.05, 0.1) is 14.2 Å². The molecule has 0 spiro atoms. The number of hydrogen-bond donors (Lipinski definition) is 1. The first kappa shape index (κ1) is 16.8. The summed E-state index contributed by atoms with van der Waals surface area (Å²) in [4.78, 5) is 0. The Labute approximate surface area is 123 Å². The van der Waals surface area contributed by atoms with Crippen molar-refractivity contribution in [1.29, 1.82) is 0 Å². The highest BCUT2D eigenvalue weighted by Crippen LogP contribution is 2.29. The summed E-state index contributed by atoms with van der Waals surface area (Å²) in [6.45, 7) is 4.46. The molecule has 0 amide bonds. The first-order valence-electron chi connectivity index (χ1n) is 7.62. The van der Waals surface area contributed by atoms with Crippen molar-refractivity contribution < 1.29 is 9.47 Å². The molecule has 0 aliphatic carbocycles. The standard InChI is InChI=1S/C17H29NO2/c1-5-7-14(8-6-2)15(18)11-13-9-10-16(19-3)17(12-13)20-4/h9-10,12,14-15H,5-8,11,18H2,1-4H3. The van der Waals surface area contributed by atoms with Crippen LogP contribution in [0.4, 0.5) is 0 Å². The molecule has 3 heteroatoms. The second kappa shape index (κ2) is 8.85. The maximum Gasteiger partial charge on any atom is 0.160 e. The summed E-state index contributed by atoms with van der Waals surface area (Å²) in [5.74, 6) is 2.15. The Morgan fingerprint density at radius 1 is 1.00 bits per heavy atom. The Balaban J connectivity index is 2.75. The fourth-order valence-corrected chi connectivity index (χ4v) is 2.76. The number of hydrogen-bond acceptors (Lipinski definition) is 3. The molecule has 20 heavy (non-hydrogen) atoms. The average molecular weight is 279 g/mol. The maximum absolute atomic E-state index is 6.41. The van der Waals surface area contributed by atoms with Gasteiger partial charge in [-0.3, -0.25) is 0 Å². The van der Waals surface area contributed by atoms with Gasteiger partial charge in [-0.15, -0.1) is 0 Å². The van der Waals surface area contributed by atoms with Gasteiger partial charge in [-0.25, -0.2) is 0 Å². The van der Waals surface area contributed by atoms with Crippen LogP contribution < -0.4 is 15.2 Å². The molecule has 0 saturated heterocycles. The van der Waals surface area contributed by atoms with E-state index in [-0.39, 0.29) is 6.04 Å². The highest BCUT2D eigenvalue weighted by atomic mass is 16.5. The van der Waals surface area contributed by atoms with Gasteiger partial charge in [-0.05, 0) is 42.9 Å². The number of rotatable bonds is 9. The third-order valence-corrected chi connectivity index (χ3v) is 3.84. The largest absolute Gasteiger partial charge is 0.493 e. The van der Waals surface area contributed by atoms with Crippen LogP contribution in [0.2, 0.25) is 0 Å². The minimum Gasteiger partial charge on any atom is -0.493 e. The SMILES string of the molecule is CCCC(CCC)C(N)Cc1ccc(OC)c(OC)c1. The van der Waals surface area contributed by atoms with Crippen LogP contribution in [-0.4, -0.2) is 20.3 Å². The summed E-state index contributed by atoms with van der Waals surface area (Å²) in [7, 11) is 3.32. The van der Waals surface area contributed by atoms with E-state index in [1.807, 2.05) is 12.1 Å². The first-order valence-corrected chi connectivity index (χ1v) is 7.62. The van der Waals surface area contributed by atoms with Crippen LogP contribution in [0.15, 0.2) is 18.2 Å². The zero-order valence-corrected chi connectivity index (χ0v) is 13.3. The third kappa shape index (κ3) is 4.71. The highest BCUT2D eigenvalue weighted by Gasteiger charge is 2.17. The number of benzene rings is 1. The monoisotopic (exact) mass is 279 g/mol. The van der Waals surface area contributed by atoms with Crippen LogP contribution in [0.1, 0.15) is 45.1 Å². The Morgan fingerprint density at radius 3 is 2.10 bits per heavy atom. The van der Waals surface area contributed by atoms with Gasteiger partial charge in [0.2, 0.25) is 0 Å². The second-order valence-corrected chi connectivity index (χ2v) is 5.39. The summed E-state index contributed by atoms with van der Waals surface area (Å²) < 4.78 is 10.6. The number of methoxy groups -OCH3 is 2. The molecule has 0 bridgehead atoms. The molecule has 0 fully saturated rings. The van der Waals surface area contributed by atoms with Crippen molar-refractivity contribution >= 4 is 0 Å². The lowest BCUT2D eigenvalue weighted by atomic mass is 9.87. The van der Waals surface area contributed by atoms with E-state index in [1.165, 1.54) is 31.2 Å². The van der Waals surface area contributed by atoms with E-state index >= 15 is 0 Å². The van der Waals surface area contributed by atoms with E-state index in [2.05, 4.69) is 19.9 Å². The highest BCUT2D eigenvalue weighted by molar-refractivity contribution is 5.43. The summed E-state index contributed by atoms with van der Waals surface area (Å²) in [5, 5.41) is 0. The minimum atomic E-state index is 0.216. The van der Waals surface area contributed by atoms with Crippen LogP contribution in [0.3, 0.4) is 0 Å². The molecule has 0 aromatic heterocycles. The third-order valence-electron chi connectivity index (χ3n) is 3.84. The lowest BCUT2D eigenvalue weighted by molar-refractivity contribution is 0.350. The topological polar surface area (TPSA) is 44.5 Å². The predicted octanol–water partition coefficient (Wildman–Crippen LogP) is 3.79. The summed E-state index contributed by atoms with van der Waals surface area (Å²) >= 11 is 0. The Hall–Kier alpha value is -1.22. The van der Waals surface area contributed by atoms with E-state index in [9.17, 15) is 0 Å². The molecule has 3 nitrogen and oxygen atoms in total. The summed E-state index contributed by atoms with van der Waals surface area (Å²) in [6.07, 6.45) is 5.71. The molecule has 1 atom stereocenters. The van der Waals surface area contributed by atoms with Crippen LogP contribution in [-0.2, 0) is 6.42 Å². The molecule has 1 unspecified atom stereocenters.